The third-order valence-corrected chi connectivity index (χ3v) is 6.16. The Balaban J connectivity index is 2.20. The second-order valence-electron chi connectivity index (χ2n) is 8.97. The normalized spacial score (nSPS) is 13.7. The molecule has 1 aromatic heterocycles. The van der Waals surface area contributed by atoms with Crippen LogP contribution in [0.4, 0.5) is 0 Å². The van der Waals surface area contributed by atoms with Crippen LogP contribution in [0.25, 0.3) is 0 Å². The predicted octanol–water partition coefficient (Wildman–Crippen LogP) is 10.2. The van der Waals surface area contributed by atoms with E-state index in [9.17, 15) is 0 Å². The van der Waals surface area contributed by atoms with Gasteiger partial charge in [0.05, 0.1) is 0 Å². The van der Waals surface area contributed by atoms with Crippen molar-refractivity contribution in [1.82, 2.24) is 0 Å². The number of thiophene rings is 1. The Morgan fingerprint density at radius 3 is 1.63 bits per heavy atom. The molecule has 0 bridgehead atoms. The van der Waals surface area contributed by atoms with E-state index in [1.165, 1.54) is 78.4 Å². The van der Waals surface area contributed by atoms with Crippen LogP contribution < -0.4 is 0 Å². The van der Waals surface area contributed by atoms with Gasteiger partial charge in [0, 0.05) is 0 Å². The van der Waals surface area contributed by atoms with Crippen molar-refractivity contribution in [3.8, 4) is 0 Å². The summed E-state index contributed by atoms with van der Waals surface area (Å²) in [5.41, 5.74) is 8.94. The van der Waals surface area contributed by atoms with E-state index in [1.807, 2.05) is 0 Å². The van der Waals surface area contributed by atoms with Crippen molar-refractivity contribution in [3.63, 3.8) is 0 Å². The zero-order valence-electron chi connectivity index (χ0n) is 20.4. The molecular weight excluding hydrogens is 380 g/mol. The molecule has 0 fully saturated rings. The van der Waals surface area contributed by atoms with Crippen LogP contribution >= 0.6 is 11.3 Å². The van der Waals surface area contributed by atoms with Gasteiger partial charge in [-0.25, -0.2) is 0 Å². The second kappa shape index (κ2) is 16.1. The Morgan fingerprint density at radius 1 is 0.667 bits per heavy atom. The van der Waals surface area contributed by atoms with Gasteiger partial charge in [-0.05, 0) is 122 Å². The maximum atomic E-state index is 2.44. The van der Waals surface area contributed by atoms with Crippen molar-refractivity contribution >= 4 is 11.3 Å². The van der Waals surface area contributed by atoms with Gasteiger partial charge in [0.25, 0.3) is 0 Å². The van der Waals surface area contributed by atoms with E-state index in [4.69, 9.17) is 0 Å². The lowest BCUT2D eigenvalue weighted by molar-refractivity contribution is 0.892. The lowest BCUT2D eigenvalue weighted by atomic mass is 10.0. The van der Waals surface area contributed by atoms with Crippen LogP contribution in [0.2, 0.25) is 0 Å². The Bertz CT molecular complexity index is 731. The van der Waals surface area contributed by atoms with E-state index in [2.05, 4.69) is 88.7 Å². The van der Waals surface area contributed by atoms with Crippen molar-refractivity contribution in [2.45, 2.75) is 99.3 Å². The molecule has 0 saturated heterocycles. The van der Waals surface area contributed by atoms with E-state index in [0.29, 0.717) is 0 Å². The molecule has 0 aromatic carbocycles. The van der Waals surface area contributed by atoms with E-state index >= 15 is 0 Å². The second-order valence-corrected chi connectivity index (χ2v) is 9.75. The van der Waals surface area contributed by atoms with Gasteiger partial charge in [-0.1, -0.05) is 58.2 Å². The molecule has 30 heavy (non-hydrogen) atoms. The van der Waals surface area contributed by atoms with Gasteiger partial charge in [-0.15, -0.1) is 0 Å². The van der Waals surface area contributed by atoms with E-state index in [0.717, 1.165) is 12.8 Å². The van der Waals surface area contributed by atoms with Gasteiger partial charge in [0.1, 0.15) is 0 Å². The molecule has 0 atom stereocenters. The van der Waals surface area contributed by atoms with Crippen LogP contribution in [-0.4, -0.2) is 0 Å². The van der Waals surface area contributed by atoms with Gasteiger partial charge in [0.15, 0.2) is 0 Å². The molecule has 1 heterocycles. The summed E-state index contributed by atoms with van der Waals surface area (Å²) in [6.07, 6.45) is 22.5. The van der Waals surface area contributed by atoms with E-state index < -0.39 is 0 Å². The van der Waals surface area contributed by atoms with E-state index in [1.54, 1.807) is 11.3 Å². The first-order valence-electron chi connectivity index (χ1n) is 11.6. The van der Waals surface area contributed by atoms with Crippen LogP contribution in [0.1, 0.15) is 98.5 Å². The minimum atomic E-state index is 1.10. The number of rotatable bonds is 14. The number of hydrogen-bond acceptors (Lipinski definition) is 1. The molecule has 1 heteroatoms. The molecule has 0 unspecified atom stereocenters. The maximum absolute atomic E-state index is 2.44. The van der Waals surface area contributed by atoms with Crippen LogP contribution in [0.15, 0.2) is 75.1 Å². The SMILES string of the molecule is CC(C)=CCC(C)=CCCC(C)=CCCC(C)=CCCC(C)=CCCc1ccsc1. The highest BCUT2D eigenvalue weighted by Gasteiger charge is 1.95. The monoisotopic (exact) mass is 424 g/mol. The molecule has 1 rings (SSSR count). The van der Waals surface area contributed by atoms with Crippen LogP contribution in [0, 0.1) is 0 Å². The lowest BCUT2D eigenvalue weighted by Crippen LogP contribution is -1.83. The highest BCUT2D eigenvalue weighted by atomic mass is 32.1. The highest BCUT2D eigenvalue weighted by molar-refractivity contribution is 7.07. The lowest BCUT2D eigenvalue weighted by Gasteiger charge is -2.03. The smallest absolute Gasteiger partial charge is 0.00611 e. The average molecular weight is 425 g/mol. The summed E-state index contributed by atoms with van der Waals surface area (Å²) in [6, 6.07) is 2.24. The third-order valence-electron chi connectivity index (χ3n) is 5.43. The fourth-order valence-electron chi connectivity index (χ4n) is 3.31. The average Bonchev–Trinajstić information content (AvgIpc) is 3.20. The van der Waals surface area contributed by atoms with Crippen LogP contribution in [-0.2, 0) is 6.42 Å². The molecule has 0 aliphatic heterocycles. The van der Waals surface area contributed by atoms with E-state index in [-0.39, 0.29) is 0 Å². The van der Waals surface area contributed by atoms with Crippen LogP contribution in [0.3, 0.4) is 0 Å². The molecule has 0 N–H and O–H groups in total. The molecule has 0 radical (unpaired) electrons. The molecule has 1 aromatic rings. The number of allylic oxidation sites excluding steroid dienone is 10. The summed E-state index contributed by atoms with van der Waals surface area (Å²) in [4.78, 5) is 0. The van der Waals surface area contributed by atoms with Gasteiger partial charge in [-0.2, -0.15) is 11.3 Å². The zero-order chi connectivity index (χ0) is 22.2. The maximum Gasteiger partial charge on any atom is -0.00611 e. The first-order valence-corrected chi connectivity index (χ1v) is 12.6. The predicted molar refractivity (Wildman–Crippen MR) is 139 cm³/mol. The first-order chi connectivity index (χ1) is 14.4. The fourth-order valence-corrected chi connectivity index (χ4v) is 4.02. The minimum absolute atomic E-state index is 1.10. The van der Waals surface area contributed by atoms with Gasteiger partial charge < -0.3 is 0 Å². The van der Waals surface area contributed by atoms with Crippen molar-refractivity contribution in [1.29, 1.82) is 0 Å². The largest absolute Gasteiger partial charge is 0.152 e. The third kappa shape index (κ3) is 14.4. The van der Waals surface area contributed by atoms with Crippen molar-refractivity contribution < 1.29 is 0 Å². The molecule has 166 valence electrons. The summed E-state index contributed by atoms with van der Waals surface area (Å²) in [5, 5.41) is 4.43. The van der Waals surface area contributed by atoms with Crippen molar-refractivity contribution in [2.24, 2.45) is 0 Å². The Labute approximate surface area is 191 Å². The van der Waals surface area contributed by atoms with Crippen molar-refractivity contribution in [2.75, 3.05) is 0 Å². The quantitative estimate of drug-likeness (QED) is 0.260. The number of hydrogen-bond donors (Lipinski definition) is 0. The minimum Gasteiger partial charge on any atom is -0.152 e. The van der Waals surface area contributed by atoms with Gasteiger partial charge >= 0.3 is 0 Å². The summed E-state index contributed by atoms with van der Waals surface area (Å²) in [5.74, 6) is 0. The molecule has 0 aliphatic carbocycles. The summed E-state index contributed by atoms with van der Waals surface area (Å²) < 4.78 is 0. The van der Waals surface area contributed by atoms with Crippen molar-refractivity contribution in [3.05, 3.63) is 80.6 Å². The topological polar surface area (TPSA) is 0 Å². The highest BCUT2D eigenvalue weighted by Crippen LogP contribution is 2.15. The summed E-state index contributed by atoms with van der Waals surface area (Å²) >= 11 is 1.79. The van der Waals surface area contributed by atoms with Gasteiger partial charge in [-0.3, -0.25) is 0 Å². The summed E-state index contributed by atoms with van der Waals surface area (Å²) in [7, 11) is 0. The van der Waals surface area contributed by atoms with Gasteiger partial charge in [0.2, 0.25) is 0 Å². The molecular formula is C29H44S. The zero-order valence-corrected chi connectivity index (χ0v) is 21.2. The van der Waals surface area contributed by atoms with Crippen LogP contribution in [0.5, 0.6) is 0 Å². The molecule has 0 amide bonds. The standard InChI is InChI=1S/C29H44S/c1-24(2)19-20-28(6)16-9-15-26(4)12-7-11-25(3)13-8-14-27(5)17-10-18-29-21-22-30-23-29/h12-13,16-17,19,21-23H,7-11,14-15,18,20H2,1-6H3. The molecule has 0 saturated carbocycles. The fraction of sp³-hybridized carbons (Fsp3) is 0.517. The number of aryl methyl sites for hydroxylation is 1. The Hall–Kier alpha value is -1.60. The Kier molecular flexibility index (Phi) is 14.2. The summed E-state index contributed by atoms with van der Waals surface area (Å²) in [6.45, 7) is 13.4. The molecule has 0 spiro atoms. The molecule has 0 nitrogen and oxygen atoms in total. The molecule has 0 aliphatic rings. The first kappa shape index (κ1) is 26.4. The Morgan fingerprint density at radius 2 is 1.17 bits per heavy atom.